The molecule has 1 unspecified atom stereocenters. The van der Waals surface area contributed by atoms with Crippen LogP contribution >= 0.6 is 0 Å². The molecule has 2 N–H and O–H groups in total. The number of carbonyl (C=O) groups is 1. The highest BCUT2D eigenvalue weighted by Crippen LogP contribution is 2.26. The lowest BCUT2D eigenvalue weighted by atomic mass is 9.97. The van der Waals surface area contributed by atoms with E-state index in [-0.39, 0.29) is 0 Å². The van der Waals surface area contributed by atoms with Crippen molar-refractivity contribution >= 4 is 12.1 Å². The number of nitrogens with zero attached hydrogens (tertiary/aromatic N) is 2. The van der Waals surface area contributed by atoms with Crippen LogP contribution in [0, 0.1) is 18.3 Å². The van der Waals surface area contributed by atoms with Crippen molar-refractivity contribution in [3.8, 4) is 17.2 Å². The summed E-state index contributed by atoms with van der Waals surface area (Å²) in [7, 11) is 0. The van der Waals surface area contributed by atoms with E-state index in [2.05, 4.69) is 5.16 Å². The maximum Gasteiger partial charge on any atom is 0.263 e. The van der Waals surface area contributed by atoms with Crippen LogP contribution in [0.25, 0.3) is 11.1 Å². The summed E-state index contributed by atoms with van der Waals surface area (Å²) in [6, 6.07) is 17.7. The van der Waals surface area contributed by atoms with Crippen LogP contribution in [0.1, 0.15) is 17.2 Å². The van der Waals surface area contributed by atoms with Crippen LogP contribution in [-0.4, -0.2) is 12.1 Å². The van der Waals surface area contributed by atoms with Gasteiger partial charge in [-0.15, -0.1) is 0 Å². The largest absolute Gasteiger partial charge is 0.372 e. The Morgan fingerprint density at radius 2 is 2.00 bits per heavy atom. The Hall–Kier alpha value is -3.13. The first-order chi connectivity index (χ1) is 10.6. The summed E-state index contributed by atoms with van der Waals surface area (Å²) in [6.45, 7) is 1.90. The number of hydrogen-bond acceptors (Lipinski definition) is 4. The van der Waals surface area contributed by atoms with Crippen LogP contribution in [0.3, 0.4) is 0 Å². The van der Waals surface area contributed by atoms with Gasteiger partial charge in [0, 0.05) is 5.56 Å². The van der Waals surface area contributed by atoms with E-state index in [4.69, 9.17) is 10.6 Å². The number of amides is 1. The van der Waals surface area contributed by atoms with Gasteiger partial charge in [-0.3, -0.25) is 4.79 Å². The number of nitriles is 1. The molecule has 5 nitrogen and oxygen atoms in total. The molecule has 1 amide bonds. The zero-order valence-electron chi connectivity index (χ0n) is 12.1. The summed E-state index contributed by atoms with van der Waals surface area (Å²) in [4.78, 5) is 15.6. The van der Waals surface area contributed by atoms with Crippen molar-refractivity contribution in [1.82, 2.24) is 0 Å². The number of nitrogens with two attached hydrogens (primary N) is 1. The molecule has 2 aromatic rings. The van der Waals surface area contributed by atoms with Crippen molar-refractivity contribution < 1.29 is 9.63 Å². The number of aryl methyl sites for hydroxylation is 1. The topological polar surface area (TPSA) is 88.5 Å². The number of rotatable bonds is 5. The summed E-state index contributed by atoms with van der Waals surface area (Å²) >= 11 is 0. The third-order valence-electron chi connectivity index (χ3n) is 3.12. The van der Waals surface area contributed by atoms with Crippen LogP contribution in [0.15, 0.2) is 53.7 Å². The molecule has 0 aliphatic rings. The van der Waals surface area contributed by atoms with Crippen molar-refractivity contribution in [3.05, 3.63) is 59.7 Å². The van der Waals surface area contributed by atoms with Gasteiger partial charge >= 0.3 is 0 Å². The SMILES string of the molecule is Cc1cc(-c2ccccc2)ccc1C(C#N)O/N=C/C(N)=O. The normalized spacial score (nSPS) is 11.8. The average Bonchev–Trinajstić information content (AvgIpc) is 2.53. The first-order valence-electron chi connectivity index (χ1n) is 6.66. The van der Waals surface area contributed by atoms with E-state index in [1.54, 1.807) is 0 Å². The van der Waals surface area contributed by atoms with E-state index in [9.17, 15) is 10.1 Å². The van der Waals surface area contributed by atoms with Gasteiger partial charge in [-0.1, -0.05) is 53.7 Å². The first-order valence-corrected chi connectivity index (χ1v) is 6.66. The first kappa shape index (κ1) is 15.3. The molecule has 22 heavy (non-hydrogen) atoms. The Balaban J connectivity index is 2.25. The monoisotopic (exact) mass is 293 g/mol. The molecule has 0 saturated carbocycles. The number of oxime groups is 1. The number of hydrogen-bond donors (Lipinski definition) is 1. The summed E-state index contributed by atoms with van der Waals surface area (Å²) in [5, 5.41) is 12.6. The lowest BCUT2D eigenvalue weighted by molar-refractivity contribution is -0.111. The highest BCUT2D eigenvalue weighted by molar-refractivity contribution is 6.25. The van der Waals surface area contributed by atoms with E-state index in [1.807, 2.05) is 61.5 Å². The average molecular weight is 293 g/mol. The van der Waals surface area contributed by atoms with Crippen LogP contribution in [0.4, 0.5) is 0 Å². The molecule has 0 radical (unpaired) electrons. The van der Waals surface area contributed by atoms with E-state index in [1.165, 1.54) is 0 Å². The second kappa shape index (κ2) is 7.04. The fraction of sp³-hybridized carbons (Fsp3) is 0.118. The number of benzene rings is 2. The molecular weight excluding hydrogens is 278 g/mol. The van der Waals surface area contributed by atoms with Crippen LogP contribution in [0.5, 0.6) is 0 Å². The maximum absolute atomic E-state index is 10.6. The van der Waals surface area contributed by atoms with Crippen molar-refractivity contribution in [2.75, 3.05) is 0 Å². The highest BCUT2D eigenvalue weighted by Gasteiger charge is 2.15. The molecule has 1 atom stereocenters. The lowest BCUT2D eigenvalue weighted by Crippen LogP contribution is -2.12. The molecular formula is C17H15N3O2. The number of carbonyl (C=O) groups excluding carboxylic acids is 1. The van der Waals surface area contributed by atoms with Gasteiger partial charge < -0.3 is 10.6 Å². The molecule has 0 aliphatic heterocycles. The molecule has 5 heteroatoms. The van der Waals surface area contributed by atoms with Gasteiger partial charge in [0.25, 0.3) is 5.91 Å². The summed E-state index contributed by atoms with van der Waals surface area (Å²) in [6.07, 6.45) is -0.0571. The van der Waals surface area contributed by atoms with Gasteiger partial charge in [-0.05, 0) is 23.6 Å². The third kappa shape index (κ3) is 3.70. The third-order valence-corrected chi connectivity index (χ3v) is 3.12. The van der Waals surface area contributed by atoms with Gasteiger partial charge in [0.1, 0.15) is 12.3 Å². The van der Waals surface area contributed by atoms with Crippen molar-refractivity contribution in [2.24, 2.45) is 10.9 Å². The van der Waals surface area contributed by atoms with Crippen molar-refractivity contribution in [3.63, 3.8) is 0 Å². The molecule has 0 saturated heterocycles. The lowest BCUT2D eigenvalue weighted by Gasteiger charge is -2.12. The molecule has 0 aliphatic carbocycles. The minimum absolute atomic E-state index is 0.698. The number of primary amides is 1. The van der Waals surface area contributed by atoms with Gasteiger partial charge in [0.05, 0.1) is 0 Å². The molecule has 110 valence electrons. The minimum atomic E-state index is -0.888. The van der Waals surface area contributed by atoms with Gasteiger partial charge in [0.2, 0.25) is 6.10 Å². The van der Waals surface area contributed by atoms with E-state index in [0.717, 1.165) is 22.9 Å². The Bertz CT molecular complexity index is 733. The molecule has 0 fully saturated rings. The van der Waals surface area contributed by atoms with Gasteiger partial charge in [0.15, 0.2) is 0 Å². The smallest absolute Gasteiger partial charge is 0.263 e. The van der Waals surface area contributed by atoms with E-state index >= 15 is 0 Å². The van der Waals surface area contributed by atoms with Crippen LogP contribution < -0.4 is 5.73 Å². The second-order valence-electron chi connectivity index (χ2n) is 4.69. The molecule has 0 aromatic heterocycles. The van der Waals surface area contributed by atoms with E-state index in [0.29, 0.717) is 5.56 Å². The van der Waals surface area contributed by atoms with Crippen molar-refractivity contribution in [1.29, 1.82) is 5.26 Å². The van der Waals surface area contributed by atoms with Crippen molar-refractivity contribution in [2.45, 2.75) is 13.0 Å². The summed E-state index contributed by atoms with van der Waals surface area (Å²) in [5.74, 6) is -0.729. The highest BCUT2D eigenvalue weighted by atomic mass is 16.6. The molecule has 2 aromatic carbocycles. The molecule has 2 rings (SSSR count). The molecule has 0 spiro atoms. The standard InChI is InChI=1S/C17H15N3O2/c1-12-9-14(13-5-3-2-4-6-13)7-8-15(12)16(10-18)22-20-11-17(19)21/h2-9,11,16H,1H3,(H2,19,21)/b20-11+. The Kier molecular flexibility index (Phi) is 4.89. The maximum atomic E-state index is 10.6. The zero-order valence-corrected chi connectivity index (χ0v) is 12.1. The zero-order chi connectivity index (χ0) is 15.9. The second-order valence-corrected chi connectivity index (χ2v) is 4.69. The van der Waals surface area contributed by atoms with Gasteiger partial charge in [-0.2, -0.15) is 5.26 Å². The van der Waals surface area contributed by atoms with E-state index < -0.39 is 12.0 Å². The summed E-state index contributed by atoms with van der Waals surface area (Å²) in [5.41, 5.74) is 8.68. The Morgan fingerprint density at radius 1 is 1.27 bits per heavy atom. The summed E-state index contributed by atoms with van der Waals surface area (Å²) < 4.78 is 0. The Labute approximate surface area is 128 Å². The fourth-order valence-electron chi connectivity index (χ4n) is 2.07. The molecule has 0 heterocycles. The quantitative estimate of drug-likeness (QED) is 0.679. The molecule has 0 bridgehead atoms. The fourth-order valence-corrected chi connectivity index (χ4v) is 2.07. The minimum Gasteiger partial charge on any atom is -0.372 e. The predicted molar refractivity (Wildman–Crippen MR) is 83.7 cm³/mol. The van der Waals surface area contributed by atoms with Crippen LogP contribution in [0.2, 0.25) is 0 Å². The Morgan fingerprint density at radius 3 is 2.59 bits per heavy atom. The van der Waals surface area contributed by atoms with Gasteiger partial charge in [-0.25, -0.2) is 0 Å². The van der Waals surface area contributed by atoms with Crippen LogP contribution in [-0.2, 0) is 9.63 Å². The predicted octanol–water partition coefficient (Wildman–Crippen LogP) is 2.71.